The molecule has 0 radical (unpaired) electrons. The summed E-state index contributed by atoms with van der Waals surface area (Å²) in [7, 11) is 0. The van der Waals surface area contributed by atoms with Crippen molar-refractivity contribution in [3.8, 4) is 0 Å². The van der Waals surface area contributed by atoms with E-state index in [-0.39, 0.29) is 24.4 Å². The summed E-state index contributed by atoms with van der Waals surface area (Å²) in [6, 6.07) is -0.816. The van der Waals surface area contributed by atoms with Gasteiger partial charge in [0.25, 0.3) is 0 Å². The molecule has 2 atom stereocenters. The van der Waals surface area contributed by atoms with E-state index in [9.17, 15) is 19.5 Å². The van der Waals surface area contributed by atoms with Gasteiger partial charge in [0.15, 0.2) is 0 Å². The first-order valence-electron chi connectivity index (χ1n) is 9.17. The zero-order chi connectivity index (χ0) is 18.7. The Balaban J connectivity index is 0.00000261. The number of fused-ring (bicyclic) bond motifs is 1. The molecule has 1 saturated carbocycles. The van der Waals surface area contributed by atoms with Gasteiger partial charge in [-0.15, -0.1) is 0 Å². The van der Waals surface area contributed by atoms with Crippen molar-refractivity contribution >= 4 is 23.6 Å². The molecule has 0 aromatic carbocycles. The maximum absolute atomic E-state index is 12.0. The Bertz CT molecular complexity index is 606. The number of hydrazone groups is 1. The summed E-state index contributed by atoms with van der Waals surface area (Å²) in [5.74, 6) is 0.801. The van der Waals surface area contributed by atoms with Crippen LogP contribution in [0.3, 0.4) is 0 Å². The van der Waals surface area contributed by atoms with Crippen LogP contribution in [0, 0.1) is 11.8 Å². The standard InChI is InChI=1S/C17H26N4O5.Fm/c1-10(22)12-4-2-11(3-5-12)8-18-16(23)20-19-13-9-26-14-6-7-21(15(13)14)17(24)25;/h11-12,14-15H,2-9H2,1H3,(H,24,25)(H2,18,20,23);/b19-13+;. The first-order valence-corrected chi connectivity index (χ1v) is 9.17. The van der Waals surface area contributed by atoms with Gasteiger partial charge in [0.2, 0.25) is 0 Å². The normalized spacial score (nSPS) is 31.1. The molecule has 0 spiro atoms. The monoisotopic (exact) mass is 623 g/mol. The molecule has 3 rings (SSSR count). The number of amides is 3. The second kappa shape index (κ2) is 8.48. The van der Waals surface area contributed by atoms with Crippen LogP contribution >= 0.6 is 0 Å². The van der Waals surface area contributed by atoms with Gasteiger partial charge in [0.1, 0.15) is 11.8 Å². The molecule has 27 heavy (non-hydrogen) atoms. The maximum atomic E-state index is 12.0. The van der Waals surface area contributed by atoms with Gasteiger partial charge in [-0.25, -0.2) is 15.0 Å². The summed E-state index contributed by atoms with van der Waals surface area (Å²) in [5, 5.41) is 16.1. The molecule has 3 N–H and O–H groups in total. The number of hydrogen-bond donors (Lipinski definition) is 3. The molecule has 2 unspecified atom stereocenters. The smallest absolute Gasteiger partial charge is 0.407 e. The van der Waals surface area contributed by atoms with Crippen LogP contribution in [0.4, 0.5) is 9.59 Å². The largest absolute Gasteiger partial charge is 0.465 e. The van der Waals surface area contributed by atoms with Crippen molar-refractivity contribution in [2.45, 2.75) is 51.2 Å². The van der Waals surface area contributed by atoms with Crippen LogP contribution in [-0.4, -0.2) is 65.5 Å². The Morgan fingerprint density at radius 1 is 1.22 bits per heavy atom. The minimum absolute atomic E-state index is 0. The fourth-order valence-corrected chi connectivity index (χ4v) is 4.10. The van der Waals surface area contributed by atoms with Gasteiger partial charge in [-0.05, 0) is 44.9 Å². The van der Waals surface area contributed by atoms with E-state index < -0.39 is 18.2 Å². The molecule has 9 nitrogen and oxygen atoms in total. The number of hydrogen-bond acceptors (Lipinski definition) is 5. The number of rotatable bonds is 4. The van der Waals surface area contributed by atoms with Crippen molar-refractivity contribution in [2.24, 2.45) is 16.9 Å². The molecule has 156 valence electrons. The van der Waals surface area contributed by atoms with E-state index in [1.54, 1.807) is 6.92 Å². The Hall–Kier alpha value is -3.16. The molecular formula is C17H26FmN4O5. The number of ether oxygens (including phenoxy) is 1. The third-order valence-corrected chi connectivity index (χ3v) is 5.65. The minimum Gasteiger partial charge on any atom is -0.465 e. The Labute approximate surface area is 152 Å². The van der Waals surface area contributed by atoms with E-state index in [2.05, 4.69) is 15.8 Å². The van der Waals surface area contributed by atoms with E-state index in [0.29, 0.717) is 31.1 Å². The second-order valence-corrected chi connectivity index (χ2v) is 7.31. The predicted octanol–water partition coefficient (Wildman–Crippen LogP) is 1.19. The molecule has 1 aliphatic carbocycles. The fourth-order valence-electron chi connectivity index (χ4n) is 4.10. The molecule has 3 fully saturated rings. The number of urea groups is 1. The van der Waals surface area contributed by atoms with Gasteiger partial charge in [0, 0.05) is 19.0 Å². The zero-order valence-electron chi connectivity index (χ0n) is 15.2. The van der Waals surface area contributed by atoms with Crippen molar-refractivity contribution < 1.29 is 24.2 Å². The summed E-state index contributed by atoms with van der Waals surface area (Å²) >= 11 is 0. The van der Waals surface area contributed by atoms with Crippen LogP contribution in [0.5, 0.6) is 0 Å². The molecule has 0 aromatic heterocycles. The molecule has 2 aliphatic heterocycles. The van der Waals surface area contributed by atoms with Crippen LogP contribution in [-0.2, 0) is 9.53 Å². The van der Waals surface area contributed by atoms with Crippen molar-refractivity contribution in [3.05, 3.63) is 0 Å². The average Bonchev–Trinajstić information content (AvgIpc) is 3.20. The van der Waals surface area contributed by atoms with Crippen LogP contribution in [0.15, 0.2) is 5.10 Å². The number of nitrogens with zero attached hydrogens (tertiary/aromatic N) is 2. The number of carboxylic acid groups (broad SMARTS) is 1. The average molecular weight is 623 g/mol. The summed E-state index contributed by atoms with van der Waals surface area (Å²) in [6.07, 6.45) is 3.11. The third-order valence-electron chi connectivity index (χ3n) is 5.65. The van der Waals surface area contributed by atoms with Crippen LogP contribution in [0.25, 0.3) is 0 Å². The molecule has 2 saturated heterocycles. The summed E-state index contributed by atoms with van der Waals surface area (Å²) in [5.41, 5.74) is 2.98. The van der Waals surface area contributed by atoms with Crippen LogP contribution < -0.4 is 10.7 Å². The topological polar surface area (TPSA) is 120 Å². The quantitative estimate of drug-likeness (QED) is 0.407. The van der Waals surface area contributed by atoms with E-state index >= 15 is 0 Å². The van der Waals surface area contributed by atoms with E-state index in [1.807, 2.05) is 0 Å². The first-order chi connectivity index (χ1) is 12.5. The van der Waals surface area contributed by atoms with Crippen molar-refractivity contribution in [1.82, 2.24) is 15.6 Å². The second-order valence-electron chi connectivity index (χ2n) is 7.31. The Kier molecular flexibility index (Phi) is 6.33. The van der Waals surface area contributed by atoms with E-state index in [4.69, 9.17) is 4.74 Å². The van der Waals surface area contributed by atoms with Gasteiger partial charge in [-0.3, -0.25) is 9.69 Å². The van der Waals surface area contributed by atoms with Crippen molar-refractivity contribution in [1.29, 1.82) is 0 Å². The Morgan fingerprint density at radius 2 is 1.93 bits per heavy atom. The fraction of sp³-hybridized carbons (Fsp3) is 0.765. The number of ketones is 1. The molecule has 0 bridgehead atoms. The molecule has 10 heteroatoms. The summed E-state index contributed by atoms with van der Waals surface area (Å²) < 4.78 is 5.55. The van der Waals surface area contributed by atoms with Crippen LogP contribution in [0.1, 0.15) is 39.0 Å². The number of carbonyl (C=O) groups excluding carboxylic acids is 2. The molecule has 3 aliphatic rings. The maximum Gasteiger partial charge on any atom is 0.407 e. The first kappa shape index (κ1) is 20.2. The van der Waals surface area contributed by atoms with Crippen LogP contribution in [0.2, 0.25) is 0 Å². The van der Waals surface area contributed by atoms with Crippen molar-refractivity contribution in [2.75, 3.05) is 19.7 Å². The van der Waals surface area contributed by atoms with Gasteiger partial charge in [-0.1, -0.05) is 0 Å². The van der Waals surface area contributed by atoms with Gasteiger partial charge in [0.05, 0.1) is 18.4 Å². The summed E-state index contributed by atoms with van der Waals surface area (Å²) in [4.78, 5) is 35.9. The Morgan fingerprint density at radius 3 is 2.56 bits per heavy atom. The number of nitrogens with one attached hydrogen (secondary N) is 2. The zero-order valence-corrected chi connectivity index (χ0v) is 17.6. The molecule has 0 aromatic rings. The number of likely N-dealkylation sites (tertiary alicyclic amines) is 1. The SMILES string of the molecule is CC(=O)C1CCC(CNC(=O)N/N=C2\COC3CCN(C(=O)O)C23)CC1.[Fm]. The van der Waals surface area contributed by atoms with E-state index in [0.717, 1.165) is 25.7 Å². The third kappa shape index (κ3) is 4.52. The number of Topliss-reactive ketones (excluding diaryl/α,β-unsaturated/α-hetero) is 1. The van der Waals surface area contributed by atoms with Gasteiger partial charge >= 0.3 is 12.1 Å². The summed E-state index contributed by atoms with van der Waals surface area (Å²) in [6.45, 7) is 2.83. The number of carbonyl (C=O) groups is 3. The van der Waals surface area contributed by atoms with E-state index in [1.165, 1.54) is 4.90 Å². The van der Waals surface area contributed by atoms with Gasteiger partial charge in [-0.2, -0.15) is 5.10 Å². The van der Waals surface area contributed by atoms with Gasteiger partial charge < -0.3 is 15.2 Å². The molecule has 3 amide bonds. The van der Waals surface area contributed by atoms with Crippen molar-refractivity contribution in [3.63, 3.8) is 0 Å². The predicted molar refractivity (Wildman–Crippen MR) is 93.0 cm³/mol. The minimum atomic E-state index is -0.999. The molecule has 2 heterocycles. The molecular weight excluding hydrogens is 597 g/mol.